The van der Waals surface area contributed by atoms with Crippen LogP contribution in [0.15, 0.2) is 24.3 Å². The highest BCUT2D eigenvalue weighted by atomic mass is 35.5. The van der Waals surface area contributed by atoms with Crippen LogP contribution in [0.5, 0.6) is 5.75 Å². The topological polar surface area (TPSA) is 59.6 Å². The molecule has 0 spiro atoms. The highest BCUT2D eigenvalue weighted by Crippen LogP contribution is 2.18. The second-order valence-corrected chi connectivity index (χ2v) is 4.80. The van der Waals surface area contributed by atoms with Gasteiger partial charge in [0.1, 0.15) is 11.9 Å². The van der Waals surface area contributed by atoms with Crippen molar-refractivity contribution >= 4 is 29.9 Å². The lowest BCUT2D eigenvalue weighted by Gasteiger charge is -2.15. The van der Waals surface area contributed by atoms with Crippen LogP contribution in [0.2, 0.25) is 5.02 Å². The largest absolute Gasteiger partial charge is 0.489 e. The van der Waals surface area contributed by atoms with Gasteiger partial charge in [0, 0.05) is 18.7 Å². The van der Waals surface area contributed by atoms with E-state index in [0.29, 0.717) is 30.5 Å². The summed E-state index contributed by atoms with van der Waals surface area (Å²) in [6.07, 6.45) is -0.128. The van der Waals surface area contributed by atoms with Crippen molar-refractivity contribution in [2.24, 2.45) is 0 Å². The highest BCUT2D eigenvalue weighted by molar-refractivity contribution is 6.30. The van der Waals surface area contributed by atoms with E-state index in [1.54, 1.807) is 19.2 Å². The van der Waals surface area contributed by atoms with Crippen molar-refractivity contribution in [1.82, 2.24) is 10.6 Å². The number of carbonyl (C=O) groups excluding carboxylic acids is 1. The number of rotatable bonds is 9. The van der Waals surface area contributed by atoms with E-state index in [0.717, 1.165) is 0 Å². The van der Waals surface area contributed by atoms with Gasteiger partial charge in [-0.3, -0.25) is 4.79 Å². The zero-order valence-electron chi connectivity index (χ0n) is 12.2. The molecule has 0 heterocycles. The molecule has 21 heavy (non-hydrogen) atoms. The van der Waals surface area contributed by atoms with Crippen LogP contribution in [-0.2, 0) is 9.53 Å². The van der Waals surface area contributed by atoms with Crippen LogP contribution >= 0.6 is 24.0 Å². The molecule has 1 aromatic rings. The predicted molar refractivity (Wildman–Crippen MR) is 86.5 cm³/mol. The van der Waals surface area contributed by atoms with Gasteiger partial charge in [0.15, 0.2) is 0 Å². The molecule has 0 bridgehead atoms. The molecule has 1 amide bonds. The van der Waals surface area contributed by atoms with E-state index < -0.39 is 0 Å². The number of methoxy groups -OCH3 is 1. The molecule has 5 nitrogen and oxygen atoms in total. The highest BCUT2D eigenvalue weighted by Gasteiger charge is 2.07. The van der Waals surface area contributed by atoms with Crippen molar-refractivity contribution in [3.8, 4) is 5.75 Å². The van der Waals surface area contributed by atoms with E-state index in [2.05, 4.69) is 10.6 Å². The van der Waals surface area contributed by atoms with Gasteiger partial charge in [-0.2, -0.15) is 0 Å². The molecule has 1 rings (SSSR count). The molecule has 1 aromatic carbocycles. The third-order valence-corrected chi connectivity index (χ3v) is 2.72. The first kappa shape index (κ1) is 20.0. The van der Waals surface area contributed by atoms with Crippen LogP contribution in [-0.4, -0.2) is 45.4 Å². The van der Waals surface area contributed by atoms with Crippen LogP contribution in [0, 0.1) is 0 Å². The van der Waals surface area contributed by atoms with Gasteiger partial charge in [-0.15, -0.1) is 12.4 Å². The van der Waals surface area contributed by atoms with Crippen molar-refractivity contribution in [2.75, 3.05) is 33.4 Å². The third kappa shape index (κ3) is 9.52. The maximum atomic E-state index is 11.5. The summed E-state index contributed by atoms with van der Waals surface area (Å²) in [5.41, 5.74) is 0. The fourth-order valence-corrected chi connectivity index (χ4v) is 1.69. The molecule has 1 atom stereocenters. The smallest absolute Gasteiger partial charge is 0.234 e. The van der Waals surface area contributed by atoms with Gasteiger partial charge < -0.3 is 20.1 Å². The van der Waals surface area contributed by atoms with E-state index in [4.69, 9.17) is 21.1 Å². The molecule has 1 unspecified atom stereocenters. The lowest BCUT2D eigenvalue weighted by molar-refractivity contribution is -0.120. The van der Waals surface area contributed by atoms with Crippen molar-refractivity contribution < 1.29 is 14.3 Å². The van der Waals surface area contributed by atoms with E-state index in [9.17, 15) is 4.79 Å². The zero-order chi connectivity index (χ0) is 14.8. The number of hydrogen-bond acceptors (Lipinski definition) is 4. The molecule has 120 valence electrons. The predicted octanol–water partition coefficient (Wildman–Crippen LogP) is 1.88. The first-order valence-electron chi connectivity index (χ1n) is 6.50. The maximum Gasteiger partial charge on any atom is 0.234 e. The van der Waals surface area contributed by atoms with Gasteiger partial charge in [-0.05, 0) is 25.1 Å². The zero-order valence-corrected chi connectivity index (χ0v) is 13.8. The van der Waals surface area contributed by atoms with E-state index >= 15 is 0 Å². The van der Waals surface area contributed by atoms with Crippen LogP contribution < -0.4 is 15.4 Å². The second-order valence-electron chi connectivity index (χ2n) is 4.36. The average molecular weight is 337 g/mol. The molecule has 0 aliphatic carbocycles. The van der Waals surface area contributed by atoms with Crippen molar-refractivity contribution in [1.29, 1.82) is 0 Å². The molecule has 0 saturated heterocycles. The van der Waals surface area contributed by atoms with Gasteiger partial charge in [-0.1, -0.05) is 17.7 Å². The van der Waals surface area contributed by atoms with E-state index in [-0.39, 0.29) is 31.0 Å². The van der Waals surface area contributed by atoms with Crippen molar-refractivity contribution in [3.63, 3.8) is 0 Å². The van der Waals surface area contributed by atoms with Crippen molar-refractivity contribution in [2.45, 2.75) is 13.0 Å². The number of carbonyl (C=O) groups is 1. The number of ether oxygens (including phenoxy) is 2. The fraction of sp³-hybridized carbons (Fsp3) is 0.500. The number of nitrogens with one attached hydrogen (secondary N) is 2. The minimum atomic E-state index is -0.128. The first-order valence-corrected chi connectivity index (χ1v) is 6.88. The Hall–Kier alpha value is -1.01. The minimum absolute atomic E-state index is 0. The van der Waals surface area contributed by atoms with E-state index in [1.165, 1.54) is 0 Å². The molecular formula is C14H22Cl2N2O3. The van der Waals surface area contributed by atoms with Gasteiger partial charge in [-0.25, -0.2) is 0 Å². The third-order valence-electron chi connectivity index (χ3n) is 2.49. The SMILES string of the molecule is COCCNCC(=O)NCC(C)Oc1cccc(Cl)c1.Cl. The standard InChI is InChI=1S/C14H21ClN2O3.ClH/c1-11(20-13-5-3-4-12(15)8-13)9-17-14(18)10-16-6-7-19-2;/h3-5,8,11,16H,6-7,9-10H2,1-2H3,(H,17,18);1H. The van der Waals surface area contributed by atoms with Crippen LogP contribution in [0.4, 0.5) is 0 Å². The summed E-state index contributed by atoms with van der Waals surface area (Å²) in [4.78, 5) is 11.5. The molecule has 0 radical (unpaired) electrons. The Labute approximate surface area is 136 Å². The summed E-state index contributed by atoms with van der Waals surface area (Å²) in [6.45, 7) is 3.84. The first-order chi connectivity index (χ1) is 9.61. The van der Waals surface area contributed by atoms with E-state index in [1.807, 2.05) is 19.1 Å². The van der Waals surface area contributed by atoms with Gasteiger partial charge in [0.05, 0.1) is 19.7 Å². The Morgan fingerprint density at radius 3 is 2.86 bits per heavy atom. The second kappa shape index (κ2) is 11.6. The monoisotopic (exact) mass is 336 g/mol. The number of benzene rings is 1. The Balaban J connectivity index is 0.00000400. The molecule has 0 saturated carbocycles. The summed E-state index contributed by atoms with van der Waals surface area (Å²) in [7, 11) is 1.62. The van der Waals surface area contributed by atoms with Crippen LogP contribution in [0.1, 0.15) is 6.92 Å². The Bertz CT molecular complexity index is 419. The molecule has 0 aromatic heterocycles. The van der Waals surface area contributed by atoms with Crippen molar-refractivity contribution in [3.05, 3.63) is 29.3 Å². The molecular weight excluding hydrogens is 315 g/mol. The summed E-state index contributed by atoms with van der Waals surface area (Å²) in [6, 6.07) is 7.18. The quantitative estimate of drug-likeness (QED) is 0.676. The van der Waals surface area contributed by atoms with Crippen LogP contribution in [0.25, 0.3) is 0 Å². The molecule has 0 fully saturated rings. The normalized spacial score (nSPS) is 11.4. The minimum Gasteiger partial charge on any atom is -0.489 e. The molecule has 0 aliphatic heterocycles. The van der Waals surface area contributed by atoms with Crippen LogP contribution in [0.3, 0.4) is 0 Å². The maximum absolute atomic E-state index is 11.5. The number of halogens is 2. The Kier molecular flexibility index (Phi) is 11.1. The number of hydrogen-bond donors (Lipinski definition) is 2. The summed E-state index contributed by atoms with van der Waals surface area (Å²) in [5.74, 6) is 0.625. The summed E-state index contributed by atoms with van der Waals surface area (Å²) in [5, 5.41) is 6.39. The lowest BCUT2D eigenvalue weighted by Crippen LogP contribution is -2.39. The Morgan fingerprint density at radius 1 is 1.43 bits per heavy atom. The van der Waals surface area contributed by atoms with Gasteiger partial charge >= 0.3 is 0 Å². The summed E-state index contributed by atoms with van der Waals surface area (Å²) < 4.78 is 10.5. The number of amides is 1. The average Bonchev–Trinajstić information content (AvgIpc) is 2.41. The Morgan fingerprint density at radius 2 is 2.19 bits per heavy atom. The van der Waals surface area contributed by atoms with Gasteiger partial charge in [0.25, 0.3) is 0 Å². The molecule has 7 heteroatoms. The lowest BCUT2D eigenvalue weighted by atomic mass is 10.3. The molecule has 2 N–H and O–H groups in total. The summed E-state index contributed by atoms with van der Waals surface area (Å²) >= 11 is 5.87. The molecule has 0 aliphatic rings. The fourth-order valence-electron chi connectivity index (χ4n) is 1.51. The van der Waals surface area contributed by atoms with Gasteiger partial charge in [0.2, 0.25) is 5.91 Å².